The normalized spacial score (nSPS) is 18.7. The van der Waals surface area contributed by atoms with E-state index in [-0.39, 0.29) is 0 Å². The SMILES string of the molecule is CCc1cc(-c2ccc(-c3ccc(C4CCC(C)CC4)cc3)cc2CC)ccc1OCCC(C)CC. The quantitative estimate of drug-likeness (QED) is 0.279. The largest absolute Gasteiger partial charge is 0.493 e. The zero-order valence-corrected chi connectivity index (χ0v) is 23.3. The van der Waals surface area contributed by atoms with Crippen molar-refractivity contribution in [1.29, 1.82) is 0 Å². The first-order valence-electron chi connectivity index (χ1n) is 14.5. The Balaban J connectivity index is 1.51. The van der Waals surface area contributed by atoms with E-state index in [2.05, 4.69) is 95.3 Å². The van der Waals surface area contributed by atoms with Gasteiger partial charge in [0.2, 0.25) is 0 Å². The van der Waals surface area contributed by atoms with Crippen molar-refractivity contribution in [3.8, 4) is 28.0 Å². The minimum absolute atomic E-state index is 0.715. The highest BCUT2D eigenvalue weighted by atomic mass is 16.5. The van der Waals surface area contributed by atoms with Crippen LogP contribution in [0.4, 0.5) is 0 Å². The molecule has 0 amide bonds. The van der Waals surface area contributed by atoms with Crippen molar-refractivity contribution in [3.63, 3.8) is 0 Å². The van der Waals surface area contributed by atoms with Crippen molar-refractivity contribution in [2.75, 3.05) is 6.61 Å². The van der Waals surface area contributed by atoms with Crippen molar-refractivity contribution in [1.82, 2.24) is 0 Å². The molecule has 4 rings (SSSR count). The van der Waals surface area contributed by atoms with Crippen LogP contribution in [0.15, 0.2) is 60.7 Å². The Morgan fingerprint density at radius 2 is 1.39 bits per heavy atom. The van der Waals surface area contributed by atoms with Gasteiger partial charge in [0.15, 0.2) is 0 Å². The van der Waals surface area contributed by atoms with Crippen LogP contribution >= 0.6 is 0 Å². The average molecular weight is 483 g/mol. The third-order valence-electron chi connectivity index (χ3n) is 8.53. The topological polar surface area (TPSA) is 9.23 Å². The molecule has 1 nitrogen and oxygen atoms in total. The molecule has 36 heavy (non-hydrogen) atoms. The highest BCUT2D eigenvalue weighted by molar-refractivity contribution is 5.75. The maximum absolute atomic E-state index is 6.18. The summed E-state index contributed by atoms with van der Waals surface area (Å²) in [6.07, 6.45) is 9.77. The number of ether oxygens (including phenoxy) is 1. The third-order valence-corrected chi connectivity index (χ3v) is 8.53. The summed E-state index contributed by atoms with van der Waals surface area (Å²) in [5.41, 5.74) is 9.52. The molecule has 0 N–H and O–H groups in total. The molecule has 1 aliphatic rings. The van der Waals surface area contributed by atoms with Crippen LogP contribution in [-0.2, 0) is 12.8 Å². The van der Waals surface area contributed by atoms with Gasteiger partial charge < -0.3 is 4.74 Å². The first-order valence-corrected chi connectivity index (χ1v) is 14.5. The molecule has 0 radical (unpaired) electrons. The van der Waals surface area contributed by atoms with E-state index in [4.69, 9.17) is 4.74 Å². The standard InChI is InChI=1S/C35H46O/c1-6-25(4)21-22-36-35-20-18-33(24-28(35)8-3)34-19-17-32(23-27(34)7-2)31-15-13-30(14-16-31)29-11-9-26(5)10-12-29/h13-20,23-26,29H,6-12,21-22H2,1-5H3. The molecule has 192 valence electrons. The van der Waals surface area contributed by atoms with Crippen molar-refractivity contribution < 1.29 is 4.74 Å². The lowest BCUT2D eigenvalue weighted by Crippen LogP contribution is -2.10. The molecule has 0 saturated heterocycles. The molecule has 0 bridgehead atoms. The molecule has 1 saturated carbocycles. The van der Waals surface area contributed by atoms with Crippen LogP contribution in [0.5, 0.6) is 5.75 Å². The predicted molar refractivity (Wildman–Crippen MR) is 156 cm³/mol. The van der Waals surface area contributed by atoms with Crippen LogP contribution in [0.1, 0.15) is 95.8 Å². The van der Waals surface area contributed by atoms with Gasteiger partial charge in [0.1, 0.15) is 5.75 Å². The highest BCUT2D eigenvalue weighted by Crippen LogP contribution is 2.37. The van der Waals surface area contributed by atoms with Crippen molar-refractivity contribution >= 4 is 0 Å². The summed E-state index contributed by atoms with van der Waals surface area (Å²) in [4.78, 5) is 0. The van der Waals surface area contributed by atoms with E-state index in [0.717, 1.165) is 43.5 Å². The second kappa shape index (κ2) is 12.6. The van der Waals surface area contributed by atoms with E-state index in [1.165, 1.54) is 71.0 Å². The highest BCUT2D eigenvalue weighted by Gasteiger charge is 2.19. The van der Waals surface area contributed by atoms with Crippen LogP contribution in [0.2, 0.25) is 0 Å². The maximum Gasteiger partial charge on any atom is 0.122 e. The number of hydrogen-bond donors (Lipinski definition) is 0. The Bertz CT molecular complexity index is 1100. The van der Waals surface area contributed by atoms with Crippen LogP contribution in [0, 0.1) is 11.8 Å². The fourth-order valence-corrected chi connectivity index (χ4v) is 5.63. The van der Waals surface area contributed by atoms with E-state index in [1.54, 1.807) is 0 Å². The van der Waals surface area contributed by atoms with Gasteiger partial charge in [-0.15, -0.1) is 0 Å². The van der Waals surface area contributed by atoms with Gasteiger partial charge in [-0.25, -0.2) is 0 Å². The van der Waals surface area contributed by atoms with Gasteiger partial charge in [-0.2, -0.15) is 0 Å². The Labute approximate surface area is 220 Å². The fourth-order valence-electron chi connectivity index (χ4n) is 5.63. The van der Waals surface area contributed by atoms with Gasteiger partial charge in [0.05, 0.1) is 6.61 Å². The number of hydrogen-bond acceptors (Lipinski definition) is 1. The van der Waals surface area contributed by atoms with Gasteiger partial charge in [-0.05, 0) is 101 Å². The first kappa shape index (κ1) is 26.5. The molecule has 1 atom stereocenters. The minimum atomic E-state index is 0.715. The number of aryl methyl sites for hydroxylation is 2. The summed E-state index contributed by atoms with van der Waals surface area (Å²) >= 11 is 0. The summed E-state index contributed by atoms with van der Waals surface area (Å²) in [6, 6.07) is 23.2. The predicted octanol–water partition coefficient (Wildman–Crippen LogP) is 10.3. The first-order chi connectivity index (χ1) is 17.5. The molecule has 1 fully saturated rings. The van der Waals surface area contributed by atoms with E-state index in [9.17, 15) is 0 Å². The zero-order chi connectivity index (χ0) is 25.5. The molecular formula is C35H46O. The molecule has 0 aromatic heterocycles. The van der Waals surface area contributed by atoms with Gasteiger partial charge in [0.25, 0.3) is 0 Å². The van der Waals surface area contributed by atoms with Crippen LogP contribution in [-0.4, -0.2) is 6.61 Å². The van der Waals surface area contributed by atoms with Crippen LogP contribution in [0.25, 0.3) is 22.3 Å². The molecule has 3 aromatic carbocycles. The van der Waals surface area contributed by atoms with E-state index < -0.39 is 0 Å². The summed E-state index contributed by atoms with van der Waals surface area (Å²) in [7, 11) is 0. The fraction of sp³-hybridized carbons (Fsp3) is 0.486. The molecule has 3 aromatic rings. The summed E-state index contributed by atoms with van der Waals surface area (Å²) < 4.78 is 6.18. The number of rotatable bonds is 10. The van der Waals surface area contributed by atoms with Crippen molar-refractivity contribution in [3.05, 3.63) is 77.4 Å². The van der Waals surface area contributed by atoms with Crippen LogP contribution in [0.3, 0.4) is 0 Å². The average Bonchev–Trinajstić information content (AvgIpc) is 2.93. The maximum atomic E-state index is 6.18. The lowest BCUT2D eigenvalue weighted by atomic mass is 9.79. The second-order valence-electron chi connectivity index (χ2n) is 11.1. The van der Waals surface area contributed by atoms with Crippen molar-refractivity contribution in [2.45, 2.75) is 91.9 Å². The molecule has 1 heteroatoms. The second-order valence-corrected chi connectivity index (χ2v) is 11.1. The van der Waals surface area contributed by atoms with Gasteiger partial charge >= 0.3 is 0 Å². The lowest BCUT2D eigenvalue weighted by molar-refractivity contribution is 0.279. The Morgan fingerprint density at radius 3 is 2.06 bits per heavy atom. The number of benzene rings is 3. The van der Waals surface area contributed by atoms with E-state index >= 15 is 0 Å². The molecule has 0 aliphatic heterocycles. The summed E-state index contributed by atoms with van der Waals surface area (Å²) in [5, 5.41) is 0. The molecule has 0 heterocycles. The minimum Gasteiger partial charge on any atom is -0.493 e. The van der Waals surface area contributed by atoms with Crippen molar-refractivity contribution in [2.24, 2.45) is 11.8 Å². The Kier molecular flexibility index (Phi) is 9.30. The third kappa shape index (κ3) is 6.41. The molecule has 1 aliphatic carbocycles. The van der Waals surface area contributed by atoms with E-state index in [1.807, 2.05) is 0 Å². The smallest absolute Gasteiger partial charge is 0.122 e. The molecule has 0 spiro atoms. The van der Waals surface area contributed by atoms with Crippen LogP contribution < -0.4 is 4.74 Å². The molecular weight excluding hydrogens is 436 g/mol. The zero-order valence-electron chi connectivity index (χ0n) is 23.3. The van der Waals surface area contributed by atoms with Gasteiger partial charge in [-0.3, -0.25) is 0 Å². The Hall–Kier alpha value is -2.54. The van der Waals surface area contributed by atoms with Gasteiger partial charge in [-0.1, -0.05) is 102 Å². The monoisotopic (exact) mass is 482 g/mol. The van der Waals surface area contributed by atoms with E-state index in [0.29, 0.717) is 5.92 Å². The Morgan fingerprint density at radius 1 is 0.750 bits per heavy atom. The van der Waals surface area contributed by atoms with Gasteiger partial charge in [0, 0.05) is 0 Å². The summed E-state index contributed by atoms with van der Waals surface area (Å²) in [5.74, 6) is 3.41. The summed E-state index contributed by atoms with van der Waals surface area (Å²) in [6.45, 7) is 12.2. The molecule has 1 unspecified atom stereocenters. The lowest BCUT2D eigenvalue weighted by Gasteiger charge is -2.26.